The minimum absolute atomic E-state index is 0.298. The molecule has 0 spiro atoms. The van der Waals surface area contributed by atoms with Crippen LogP contribution in [0.5, 0.6) is 0 Å². The zero-order valence-electron chi connectivity index (χ0n) is 9.85. The molecule has 0 amide bonds. The molecule has 0 heterocycles. The van der Waals surface area contributed by atoms with Gasteiger partial charge in [-0.1, -0.05) is 30.3 Å². The van der Waals surface area contributed by atoms with Gasteiger partial charge in [0.15, 0.2) is 0 Å². The van der Waals surface area contributed by atoms with E-state index in [4.69, 9.17) is 0 Å². The largest absolute Gasteiger partial charge is 0.416 e. The highest BCUT2D eigenvalue weighted by Gasteiger charge is 2.30. The van der Waals surface area contributed by atoms with E-state index in [9.17, 15) is 17.4 Å². The zero-order valence-corrected chi connectivity index (χ0v) is 10.7. The second-order valence-electron chi connectivity index (χ2n) is 4.00. The standard InChI is InChI=1S/C14H11F3OS/c15-14(16,17)12-6-8-13(9-7-12)19(18)10-11-4-2-1-3-5-11/h1-9H,10H2. The quantitative estimate of drug-likeness (QED) is 0.832. The maximum atomic E-state index is 12.4. The minimum Gasteiger partial charge on any atom is -0.254 e. The van der Waals surface area contributed by atoms with Crippen molar-refractivity contribution in [2.45, 2.75) is 16.8 Å². The summed E-state index contributed by atoms with van der Waals surface area (Å²) in [5.74, 6) is 0.298. The Kier molecular flexibility index (Phi) is 4.04. The van der Waals surface area contributed by atoms with E-state index in [1.54, 1.807) is 0 Å². The fourth-order valence-electron chi connectivity index (χ4n) is 1.60. The molecule has 0 saturated heterocycles. The number of hydrogen-bond acceptors (Lipinski definition) is 1. The predicted octanol–water partition coefficient (Wildman–Crippen LogP) is 4.01. The minimum atomic E-state index is -4.36. The van der Waals surface area contributed by atoms with Crippen molar-refractivity contribution in [3.05, 3.63) is 65.7 Å². The summed E-state index contributed by atoms with van der Waals surface area (Å²) in [4.78, 5) is 0.400. The first-order chi connectivity index (χ1) is 8.97. The summed E-state index contributed by atoms with van der Waals surface area (Å²) >= 11 is 0. The van der Waals surface area contributed by atoms with Crippen LogP contribution in [0.4, 0.5) is 13.2 Å². The van der Waals surface area contributed by atoms with Crippen LogP contribution in [-0.4, -0.2) is 4.21 Å². The average Bonchev–Trinajstić information content (AvgIpc) is 2.39. The van der Waals surface area contributed by atoms with E-state index < -0.39 is 22.5 Å². The van der Waals surface area contributed by atoms with E-state index in [-0.39, 0.29) is 0 Å². The Morgan fingerprint density at radius 1 is 0.895 bits per heavy atom. The van der Waals surface area contributed by atoms with Crippen molar-refractivity contribution in [2.24, 2.45) is 0 Å². The molecule has 1 nitrogen and oxygen atoms in total. The molecule has 1 atom stereocenters. The third-order valence-electron chi connectivity index (χ3n) is 2.59. The number of halogens is 3. The highest BCUT2D eigenvalue weighted by Crippen LogP contribution is 2.29. The normalized spacial score (nSPS) is 13.2. The summed E-state index contributed by atoms with van der Waals surface area (Å²) in [7, 11) is -1.34. The van der Waals surface area contributed by atoms with Crippen molar-refractivity contribution < 1.29 is 17.4 Å². The van der Waals surface area contributed by atoms with Gasteiger partial charge in [-0.05, 0) is 29.8 Å². The van der Waals surface area contributed by atoms with Crippen molar-refractivity contribution >= 4 is 10.8 Å². The second kappa shape index (κ2) is 5.57. The molecule has 0 aliphatic rings. The number of alkyl halides is 3. The second-order valence-corrected chi connectivity index (χ2v) is 5.45. The van der Waals surface area contributed by atoms with Gasteiger partial charge in [-0.2, -0.15) is 13.2 Å². The van der Waals surface area contributed by atoms with E-state index in [1.807, 2.05) is 30.3 Å². The monoisotopic (exact) mass is 284 g/mol. The molecule has 2 rings (SSSR count). The average molecular weight is 284 g/mol. The maximum Gasteiger partial charge on any atom is 0.416 e. The molecule has 0 aromatic heterocycles. The van der Waals surface area contributed by atoms with E-state index in [0.717, 1.165) is 17.7 Å². The Labute approximate surface area is 111 Å². The highest BCUT2D eigenvalue weighted by atomic mass is 32.2. The van der Waals surface area contributed by atoms with Crippen LogP contribution in [0.25, 0.3) is 0 Å². The first-order valence-corrected chi connectivity index (χ1v) is 6.88. The lowest BCUT2D eigenvalue weighted by molar-refractivity contribution is -0.137. The van der Waals surface area contributed by atoms with Crippen LogP contribution < -0.4 is 0 Å². The molecule has 100 valence electrons. The van der Waals surface area contributed by atoms with Gasteiger partial charge in [-0.15, -0.1) is 0 Å². The van der Waals surface area contributed by atoms with Crippen LogP contribution in [0.2, 0.25) is 0 Å². The molecule has 2 aromatic carbocycles. The first kappa shape index (κ1) is 13.8. The summed E-state index contributed by atoms with van der Waals surface area (Å²) in [5.41, 5.74) is 0.161. The van der Waals surface area contributed by atoms with E-state index >= 15 is 0 Å². The van der Waals surface area contributed by atoms with Gasteiger partial charge in [-0.3, -0.25) is 4.21 Å². The van der Waals surface area contributed by atoms with E-state index in [0.29, 0.717) is 10.6 Å². The molecule has 0 aliphatic heterocycles. The Balaban J connectivity index is 2.12. The van der Waals surface area contributed by atoms with Crippen LogP contribution in [0.1, 0.15) is 11.1 Å². The van der Waals surface area contributed by atoms with Gasteiger partial charge in [-0.25, -0.2) is 0 Å². The lowest BCUT2D eigenvalue weighted by atomic mass is 10.2. The fraction of sp³-hybridized carbons (Fsp3) is 0.143. The maximum absolute atomic E-state index is 12.4. The summed E-state index contributed by atoms with van der Waals surface area (Å²) < 4.78 is 49.2. The molecule has 5 heteroatoms. The summed E-state index contributed by atoms with van der Waals surface area (Å²) in [5, 5.41) is 0. The van der Waals surface area contributed by atoms with Crippen LogP contribution in [-0.2, 0) is 22.7 Å². The lowest BCUT2D eigenvalue weighted by Gasteiger charge is -2.07. The van der Waals surface area contributed by atoms with Gasteiger partial charge in [0.1, 0.15) is 0 Å². The topological polar surface area (TPSA) is 17.1 Å². The molecular formula is C14H11F3OS. The van der Waals surface area contributed by atoms with Crippen molar-refractivity contribution in [1.29, 1.82) is 0 Å². The number of rotatable bonds is 3. The molecule has 0 N–H and O–H groups in total. The van der Waals surface area contributed by atoms with Crippen molar-refractivity contribution in [2.75, 3.05) is 0 Å². The Bertz CT molecular complexity index is 561. The van der Waals surface area contributed by atoms with Gasteiger partial charge >= 0.3 is 6.18 Å². The summed E-state index contributed by atoms with van der Waals surface area (Å²) in [6, 6.07) is 13.6. The predicted molar refractivity (Wildman–Crippen MR) is 68.0 cm³/mol. The third kappa shape index (κ3) is 3.67. The third-order valence-corrected chi connectivity index (χ3v) is 3.98. The van der Waals surface area contributed by atoms with Crippen LogP contribution >= 0.6 is 0 Å². The molecule has 0 aliphatic carbocycles. The van der Waals surface area contributed by atoms with Gasteiger partial charge in [0.2, 0.25) is 0 Å². The smallest absolute Gasteiger partial charge is 0.254 e. The van der Waals surface area contributed by atoms with Gasteiger partial charge in [0.25, 0.3) is 0 Å². The molecule has 0 radical (unpaired) electrons. The van der Waals surface area contributed by atoms with Crippen molar-refractivity contribution in [3.8, 4) is 0 Å². The Hall–Kier alpha value is -1.62. The van der Waals surface area contributed by atoms with Gasteiger partial charge < -0.3 is 0 Å². The van der Waals surface area contributed by atoms with Crippen molar-refractivity contribution in [3.63, 3.8) is 0 Å². The fourth-order valence-corrected chi connectivity index (χ4v) is 2.71. The molecule has 0 fully saturated rings. The van der Waals surface area contributed by atoms with Gasteiger partial charge in [0, 0.05) is 4.90 Å². The zero-order chi connectivity index (χ0) is 13.9. The SMILES string of the molecule is O=S(Cc1ccccc1)c1ccc(C(F)(F)F)cc1. The molecule has 0 saturated carbocycles. The molecular weight excluding hydrogens is 273 g/mol. The van der Waals surface area contributed by atoms with Crippen LogP contribution in [0.3, 0.4) is 0 Å². The Morgan fingerprint density at radius 2 is 1.47 bits per heavy atom. The number of benzene rings is 2. The van der Waals surface area contributed by atoms with Crippen molar-refractivity contribution in [1.82, 2.24) is 0 Å². The Morgan fingerprint density at radius 3 is 2.00 bits per heavy atom. The van der Waals surface area contributed by atoms with Crippen LogP contribution in [0, 0.1) is 0 Å². The highest BCUT2D eigenvalue weighted by molar-refractivity contribution is 7.84. The van der Waals surface area contributed by atoms with E-state index in [1.165, 1.54) is 12.1 Å². The molecule has 19 heavy (non-hydrogen) atoms. The molecule has 1 unspecified atom stereocenters. The van der Waals surface area contributed by atoms with Gasteiger partial charge in [0.05, 0.1) is 22.1 Å². The van der Waals surface area contributed by atoms with Crippen LogP contribution in [0.15, 0.2) is 59.5 Å². The summed E-state index contributed by atoms with van der Waals surface area (Å²) in [6.45, 7) is 0. The lowest BCUT2D eigenvalue weighted by Crippen LogP contribution is -2.05. The molecule has 2 aromatic rings. The van der Waals surface area contributed by atoms with E-state index in [2.05, 4.69) is 0 Å². The molecule has 0 bridgehead atoms. The first-order valence-electron chi connectivity index (χ1n) is 5.56. The summed E-state index contributed by atoms with van der Waals surface area (Å²) in [6.07, 6.45) is -4.36. The number of hydrogen-bond donors (Lipinski definition) is 0.